The number of unbranched alkanes of at least 4 members (excludes halogenated alkanes) is 21. The highest BCUT2D eigenvalue weighted by Crippen LogP contribution is 2.43. The molecular weight excluding hydrogens is 928 g/mol. The van der Waals surface area contributed by atoms with E-state index in [2.05, 4.69) is 106 Å². The third-order valence-electron chi connectivity index (χ3n) is 11.8. The van der Waals surface area contributed by atoms with Gasteiger partial charge in [0.15, 0.2) is 6.10 Å². The highest BCUT2D eigenvalue weighted by Gasteiger charge is 2.28. The number of rotatable bonds is 52. The second kappa shape index (κ2) is 53.9. The number of esters is 3. The third-order valence-corrected chi connectivity index (χ3v) is 12.7. The molecule has 0 rings (SSSR count). The zero-order chi connectivity index (χ0) is 52.7. The summed E-state index contributed by atoms with van der Waals surface area (Å²) < 4.78 is 39.5. The molecule has 12 heteroatoms. The van der Waals surface area contributed by atoms with Crippen LogP contribution in [0.5, 0.6) is 0 Å². The number of allylic oxidation sites excluding steroid dienone is 14. The van der Waals surface area contributed by atoms with Crippen molar-refractivity contribution >= 4 is 25.7 Å². The minimum absolute atomic E-state index is 0.138. The van der Waals surface area contributed by atoms with E-state index >= 15 is 0 Å². The van der Waals surface area contributed by atoms with Crippen LogP contribution in [0.4, 0.5) is 0 Å². The molecule has 11 nitrogen and oxygen atoms in total. The maximum absolute atomic E-state index is 12.9. The first-order chi connectivity index (χ1) is 35.2. The number of carbonyl (C=O) groups excluding carboxylic acids is 3. The van der Waals surface area contributed by atoms with Crippen molar-refractivity contribution in [1.82, 2.24) is 0 Å². The van der Waals surface area contributed by atoms with Crippen LogP contribution in [0.25, 0.3) is 0 Å². The molecular formula is C60H103O11P. The molecule has 0 aliphatic heterocycles. The maximum Gasteiger partial charge on any atom is 0.472 e. The Morgan fingerprint density at radius 2 is 0.722 bits per heavy atom. The first-order valence-corrected chi connectivity index (χ1v) is 30.0. The van der Waals surface area contributed by atoms with E-state index in [4.69, 9.17) is 23.3 Å². The second-order valence-corrected chi connectivity index (χ2v) is 20.1. The minimum atomic E-state index is -4.76. The van der Waals surface area contributed by atoms with E-state index in [9.17, 15) is 28.9 Å². The molecule has 2 N–H and O–H groups in total. The van der Waals surface area contributed by atoms with E-state index < -0.39 is 57.8 Å². The van der Waals surface area contributed by atoms with Crippen LogP contribution in [0.15, 0.2) is 85.1 Å². The number of hydrogen-bond donors (Lipinski definition) is 2. The van der Waals surface area contributed by atoms with Gasteiger partial charge in [-0.25, -0.2) is 4.57 Å². The number of hydrogen-bond acceptors (Lipinski definition) is 10. The van der Waals surface area contributed by atoms with E-state index in [0.717, 1.165) is 128 Å². The summed E-state index contributed by atoms with van der Waals surface area (Å²) in [6.07, 6.45) is 61.1. The Kier molecular flexibility index (Phi) is 51.4. The van der Waals surface area contributed by atoms with Crippen molar-refractivity contribution in [3.63, 3.8) is 0 Å². The predicted octanol–water partition coefficient (Wildman–Crippen LogP) is 16.7. The summed E-state index contributed by atoms with van der Waals surface area (Å²) in [6, 6.07) is 0. The van der Waals surface area contributed by atoms with Gasteiger partial charge in [-0.05, 0) is 109 Å². The lowest BCUT2D eigenvalue weighted by Gasteiger charge is -2.21. The lowest BCUT2D eigenvalue weighted by atomic mass is 10.1. The van der Waals surface area contributed by atoms with Gasteiger partial charge in [0.05, 0.1) is 19.8 Å². The third kappa shape index (κ3) is 51.6. The molecule has 0 aromatic rings. The Hall–Kier alpha value is -3.34. The van der Waals surface area contributed by atoms with Gasteiger partial charge in [-0.1, -0.05) is 196 Å². The van der Waals surface area contributed by atoms with Crippen LogP contribution in [0, 0.1) is 0 Å². The summed E-state index contributed by atoms with van der Waals surface area (Å²) >= 11 is 0. The molecule has 3 atom stereocenters. The maximum atomic E-state index is 12.9. The number of aliphatic hydroxyl groups is 1. The van der Waals surface area contributed by atoms with Crippen LogP contribution in [-0.2, 0) is 42.2 Å². The molecule has 0 spiro atoms. The monoisotopic (exact) mass is 1030 g/mol. The summed E-state index contributed by atoms with van der Waals surface area (Å²) in [5.41, 5.74) is 0. The molecule has 3 unspecified atom stereocenters. The molecule has 0 bridgehead atoms. The van der Waals surface area contributed by atoms with Crippen LogP contribution >= 0.6 is 7.82 Å². The molecule has 0 amide bonds. The predicted molar refractivity (Wildman–Crippen MR) is 298 cm³/mol. The molecule has 72 heavy (non-hydrogen) atoms. The van der Waals surface area contributed by atoms with Crippen LogP contribution in [0.2, 0.25) is 0 Å². The van der Waals surface area contributed by atoms with Crippen molar-refractivity contribution < 1.29 is 52.2 Å². The summed E-state index contributed by atoms with van der Waals surface area (Å²) in [4.78, 5) is 48.5. The van der Waals surface area contributed by atoms with Crippen molar-refractivity contribution in [3.8, 4) is 0 Å². The number of carbonyl (C=O) groups is 3. The molecule has 0 aromatic carbocycles. The van der Waals surface area contributed by atoms with Gasteiger partial charge in [0, 0.05) is 19.3 Å². The van der Waals surface area contributed by atoms with E-state index in [1.807, 2.05) is 0 Å². The van der Waals surface area contributed by atoms with Crippen molar-refractivity contribution in [2.75, 3.05) is 26.4 Å². The summed E-state index contributed by atoms with van der Waals surface area (Å²) in [5.74, 6) is -1.52. The Bertz CT molecular complexity index is 1530. The molecule has 0 aliphatic rings. The van der Waals surface area contributed by atoms with Crippen LogP contribution in [-0.4, -0.2) is 66.5 Å². The quantitative estimate of drug-likeness (QED) is 0.0197. The fourth-order valence-electron chi connectivity index (χ4n) is 7.50. The highest BCUT2D eigenvalue weighted by molar-refractivity contribution is 7.47. The number of ether oxygens (including phenoxy) is 3. The van der Waals surface area contributed by atoms with Gasteiger partial charge in [0.2, 0.25) is 0 Å². The second-order valence-electron chi connectivity index (χ2n) is 18.7. The van der Waals surface area contributed by atoms with Crippen molar-refractivity contribution in [1.29, 1.82) is 0 Å². The van der Waals surface area contributed by atoms with Crippen molar-refractivity contribution in [2.45, 2.75) is 251 Å². The Labute approximate surface area is 439 Å². The van der Waals surface area contributed by atoms with Gasteiger partial charge in [-0.2, -0.15) is 0 Å². The van der Waals surface area contributed by atoms with Crippen LogP contribution in [0.3, 0.4) is 0 Å². The summed E-state index contributed by atoms with van der Waals surface area (Å²) in [7, 11) is -4.76. The van der Waals surface area contributed by atoms with Gasteiger partial charge >= 0.3 is 25.7 Å². The highest BCUT2D eigenvalue weighted by atomic mass is 31.2. The van der Waals surface area contributed by atoms with Gasteiger partial charge in [-0.3, -0.25) is 23.4 Å². The largest absolute Gasteiger partial charge is 0.472 e. The molecule has 0 fully saturated rings. The SMILES string of the molecule is CC/C=C\C/C=C\C/C=C\CCCCCCCCCC(=O)OCC(COP(=O)(O)OCC(CO)OC(=O)CCCCC/C=C\C/C=C\C/C=C\CC)OC(=O)CCCCCCC/C=C\CCCCCCCC. The molecule has 0 heterocycles. The molecule has 0 aromatic heterocycles. The zero-order valence-electron chi connectivity index (χ0n) is 45.6. The van der Waals surface area contributed by atoms with Gasteiger partial charge in [0.1, 0.15) is 12.7 Å². The van der Waals surface area contributed by atoms with Crippen LogP contribution < -0.4 is 0 Å². The number of phosphoric acid groups is 1. The lowest BCUT2D eigenvalue weighted by Crippen LogP contribution is -2.30. The first-order valence-electron chi connectivity index (χ1n) is 28.5. The minimum Gasteiger partial charge on any atom is -0.462 e. The standard InChI is InChI=1S/C60H103O11P/c1-4-7-10-13-16-19-22-25-27-28-30-32-34-37-40-43-46-49-58(62)67-53-57(71-60(64)51-48-45-42-39-36-33-29-26-23-20-17-14-11-8-5-2)55-69-72(65,66)68-54-56(52-61)70-59(63)50-47-44-41-38-35-31-24-21-18-15-12-9-6-3/h7,9-10,12,16,18-19,21,25-27,29,31,35,56-57,61H,4-6,8,11,13-15,17,20,22-24,28,30,32-34,36-55H2,1-3H3,(H,65,66)/b10-7-,12-9-,19-16-,21-18-,27-25-,29-26-,35-31-. The fraction of sp³-hybridized carbons (Fsp3) is 0.717. The van der Waals surface area contributed by atoms with E-state index in [1.165, 1.54) is 51.4 Å². The topological polar surface area (TPSA) is 155 Å². The molecule has 0 saturated carbocycles. The normalized spacial score (nSPS) is 14.0. The van der Waals surface area contributed by atoms with Gasteiger partial charge in [0.25, 0.3) is 0 Å². The Morgan fingerprint density at radius 3 is 1.14 bits per heavy atom. The molecule has 414 valence electrons. The Morgan fingerprint density at radius 1 is 0.403 bits per heavy atom. The molecule has 0 saturated heterocycles. The fourth-order valence-corrected chi connectivity index (χ4v) is 8.28. The lowest BCUT2D eigenvalue weighted by molar-refractivity contribution is -0.161. The van der Waals surface area contributed by atoms with Gasteiger partial charge in [-0.15, -0.1) is 0 Å². The molecule has 0 radical (unpaired) electrons. The Balaban J connectivity index is 4.78. The number of phosphoric ester groups is 1. The van der Waals surface area contributed by atoms with Crippen molar-refractivity contribution in [3.05, 3.63) is 85.1 Å². The van der Waals surface area contributed by atoms with Crippen molar-refractivity contribution in [2.24, 2.45) is 0 Å². The average molecular weight is 1030 g/mol. The zero-order valence-corrected chi connectivity index (χ0v) is 46.5. The number of aliphatic hydroxyl groups excluding tert-OH is 1. The van der Waals surface area contributed by atoms with Gasteiger partial charge < -0.3 is 24.2 Å². The van der Waals surface area contributed by atoms with Crippen LogP contribution in [0.1, 0.15) is 239 Å². The van der Waals surface area contributed by atoms with E-state index in [1.54, 1.807) is 0 Å². The summed E-state index contributed by atoms with van der Waals surface area (Å²) in [6.45, 7) is 4.36. The molecule has 0 aliphatic carbocycles. The summed E-state index contributed by atoms with van der Waals surface area (Å²) in [5, 5.41) is 9.79. The first kappa shape index (κ1) is 68.7. The van der Waals surface area contributed by atoms with E-state index in [0.29, 0.717) is 19.3 Å². The smallest absolute Gasteiger partial charge is 0.462 e. The average Bonchev–Trinajstić information content (AvgIpc) is 3.37. The van der Waals surface area contributed by atoms with E-state index in [-0.39, 0.29) is 25.9 Å².